The fourth-order valence-electron chi connectivity index (χ4n) is 2.83. The van der Waals surface area contributed by atoms with Gasteiger partial charge in [-0.05, 0) is 43.6 Å². The quantitative estimate of drug-likeness (QED) is 0.776. The first-order valence-corrected chi connectivity index (χ1v) is 7.34. The van der Waals surface area contributed by atoms with Gasteiger partial charge in [0.2, 0.25) is 0 Å². The lowest BCUT2D eigenvalue weighted by Crippen LogP contribution is -2.28. The van der Waals surface area contributed by atoms with Gasteiger partial charge in [0.15, 0.2) is 0 Å². The maximum Gasteiger partial charge on any atom is 0.0208 e. The molecule has 1 nitrogen and oxygen atoms in total. The van der Waals surface area contributed by atoms with E-state index < -0.39 is 0 Å². The molecule has 1 aromatic carbocycles. The lowest BCUT2D eigenvalue weighted by atomic mass is 9.85. The zero-order valence-corrected chi connectivity index (χ0v) is 12.1. The Morgan fingerprint density at radius 2 is 1.83 bits per heavy atom. The van der Waals surface area contributed by atoms with E-state index in [-0.39, 0.29) is 0 Å². The van der Waals surface area contributed by atoms with Crippen LogP contribution < -0.4 is 5.32 Å². The Morgan fingerprint density at radius 3 is 2.56 bits per heavy atom. The van der Waals surface area contributed by atoms with Gasteiger partial charge < -0.3 is 5.32 Å². The van der Waals surface area contributed by atoms with E-state index in [4.69, 9.17) is 0 Å². The number of benzene rings is 1. The van der Waals surface area contributed by atoms with E-state index in [1.54, 1.807) is 0 Å². The molecular formula is C17H27N. The summed E-state index contributed by atoms with van der Waals surface area (Å²) in [5.41, 5.74) is 3.30. The van der Waals surface area contributed by atoms with Gasteiger partial charge in [-0.1, -0.05) is 50.1 Å². The predicted octanol–water partition coefficient (Wildman–Crippen LogP) is 4.44. The molecule has 0 heterocycles. The van der Waals surface area contributed by atoms with Crippen molar-refractivity contribution < 1.29 is 0 Å². The largest absolute Gasteiger partial charge is 0.310 e. The van der Waals surface area contributed by atoms with Crippen LogP contribution in [0, 0.1) is 12.3 Å². The number of nitrogens with one attached hydrogen (secondary N) is 1. The van der Waals surface area contributed by atoms with Crippen molar-refractivity contribution in [1.29, 1.82) is 0 Å². The summed E-state index contributed by atoms with van der Waals surface area (Å²) in [6.45, 7) is 7.99. The SMILES string of the molecule is Cc1ccc(CNC2CCCC(C)(C)CC2)cc1. The fourth-order valence-corrected chi connectivity index (χ4v) is 2.83. The summed E-state index contributed by atoms with van der Waals surface area (Å²) < 4.78 is 0. The van der Waals surface area contributed by atoms with Crippen LogP contribution in [0.15, 0.2) is 24.3 Å². The molecule has 18 heavy (non-hydrogen) atoms. The molecule has 1 atom stereocenters. The normalized spacial score (nSPS) is 23.6. The molecule has 100 valence electrons. The van der Waals surface area contributed by atoms with Gasteiger partial charge in [-0.25, -0.2) is 0 Å². The minimum absolute atomic E-state index is 0.556. The second-order valence-corrected chi connectivity index (χ2v) is 6.66. The van der Waals surface area contributed by atoms with Crippen LogP contribution in [0.5, 0.6) is 0 Å². The topological polar surface area (TPSA) is 12.0 Å². The van der Waals surface area contributed by atoms with Crippen molar-refractivity contribution in [2.75, 3.05) is 0 Å². The Bertz CT molecular complexity index is 364. The van der Waals surface area contributed by atoms with Crippen LogP contribution in [-0.2, 0) is 6.54 Å². The zero-order chi connectivity index (χ0) is 13.0. The molecule has 2 rings (SSSR count). The van der Waals surface area contributed by atoms with Gasteiger partial charge in [0, 0.05) is 12.6 Å². The first-order chi connectivity index (χ1) is 8.55. The monoisotopic (exact) mass is 245 g/mol. The average molecular weight is 245 g/mol. The Labute approximate surface area is 112 Å². The Hall–Kier alpha value is -0.820. The molecule has 0 radical (unpaired) electrons. The van der Waals surface area contributed by atoms with Crippen LogP contribution in [0.4, 0.5) is 0 Å². The van der Waals surface area contributed by atoms with Gasteiger partial charge in [-0.3, -0.25) is 0 Å². The average Bonchev–Trinajstić information content (AvgIpc) is 2.50. The third-order valence-electron chi connectivity index (χ3n) is 4.29. The van der Waals surface area contributed by atoms with Gasteiger partial charge in [-0.2, -0.15) is 0 Å². The van der Waals surface area contributed by atoms with Gasteiger partial charge in [0.05, 0.1) is 0 Å². The molecule has 1 heteroatoms. The first kappa shape index (κ1) is 13.6. The van der Waals surface area contributed by atoms with Gasteiger partial charge in [-0.15, -0.1) is 0 Å². The molecule has 0 aliphatic heterocycles. The van der Waals surface area contributed by atoms with E-state index in [0.29, 0.717) is 11.5 Å². The van der Waals surface area contributed by atoms with Gasteiger partial charge in [0.1, 0.15) is 0 Å². The molecular weight excluding hydrogens is 218 g/mol. The van der Waals surface area contributed by atoms with Crippen molar-refractivity contribution in [2.45, 2.75) is 65.5 Å². The minimum atomic E-state index is 0.556. The van der Waals surface area contributed by atoms with Crippen LogP contribution >= 0.6 is 0 Å². The van der Waals surface area contributed by atoms with Gasteiger partial charge >= 0.3 is 0 Å². The standard InChI is InChI=1S/C17H27N/c1-14-6-8-15(9-7-14)13-18-16-5-4-11-17(2,3)12-10-16/h6-9,16,18H,4-5,10-13H2,1-3H3. The molecule has 0 bridgehead atoms. The highest BCUT2D eigenvalue weighted by atomic mass is 14.9. The highest BCUT2D eigenvalue weighted by Crippen LogP contribution is 2.33. The third kappa shape index (κ3) is 4.13. The molecule has 1 unspecified atom stereocenters. The molecule has 0 aromatic heterocycles. The summed E-state index contributed by atoms with van der Waals surface area (Å²) in [6.07, 6.45) is 6.79. The van der Waals surface area contributed by atoms with Crippen LogP contribution in [-0.4, -0.2) is 6.04 Å². The Kier molecular flexibility index (Phi) is 4.45. The third-order valence-corrected chi connectivity index (χ3v) is 4.29. The summed E-state index contributed by atoms with van der Waals surface area (Å²) in [5.74, 6) is 0. The fraction of sp³-hybridized carbons (Fsp3) is 0.647. The smallest absolute Gasteiger partial charge is 0.0208 e. The van der Waals surface area contributed by atoms with Crippen molar-refractivity contribution in [3.8, 4) is 0 Å². The summed E-state index contributed by atoms with van der Waals surface area (Å²) >= 11 is 0. The van der Waals surface area contributed by atoms with E-state index in [1.807, 2.05) is 0 Å². The molecule has 0 amide bonds. The van der Waals surface area contributed by atoms with Crippen molar-refractivity contribution in [3.63, 3.8) is 0 Å². The molecule has 1 aliphatic carbocycles. The van der Waals surface area contributed by atoms with Crippen LogP contribution in [0.1, 0.15) is 57.1 Å². The number of aryl methyl sites for hydroxylation is 1. The number of hydrogen-bond donors (Lipinski definition) is 1. The number of hydrogen-bond acceptors (Lipinski definition) is 1. The van der Waals surface area contributed by atoms with E-state index in [9.17, 15) is 0 Å². The lowest BCUT2D eigenvalue weighted by Gasteiger charge is -2.22. The van der Waals surface area contributed by atoms with E-state index in [1.165, 1.54) is 43.2 Å². The van der Waals surface area contributed by atoms with Crippen LogP contribution in [0.2, 0.25) is 0 Å². The molecule has 1 N–H and O–H groups in total. The molecule has 1 saturated carbocycles. The zero-order valence-electron chi connectivity index (χ0n) is 12.1. The summed E-state index contributed by atoms with van der Waals surface area (Å²) in [5, 5.41) is 3.74. The highest BCUT2D eigenvalue weighted by Gasteiger charge is 2.23. The predicted molar refractivity (Wildman–Crippen MR) is 78.7 cm³/mol. The number of rotatable bonds is 3. The maximum atomic E-state index is 3.74. The summed E-state index contributed by atoms with van der Waals surface area (Å²) in [6, 6.07) is 9.60. The Morgan fingerprint density at radius 1 is 1.11 bits per heavy atom. The molecule has 0 spiro atoms. The highest BCUT2D eigenvalue weighted by molar-refractivity contribution is 5.21. The van der Waals surface area contributed by atoms with Crippen LogP contribution in [0.3, 0.4) is 0 Å². The second kappa shape index (κ2) is 5.88. The molecule has 1 fully saturated rings. The summed E-state index contributed by atoms with van der Waals surface area (Å²) in [7, 11) is 0. The lowest BCUT2D eigenvalue weighted by molar-refractivity contribution is 0.309. The molecule has 0 saturated heterocycles. The van der Waals surface area contributed by atoms with Crippen molar-refractivity contribution in [1.82, 2.24) is 5.32 Å². The Balaban J connectivity index is 1.81. The van der Waals surface area contributed by atoms with E-state index >= 15 is 0 Å². The summed E-state index contributed by atoms with van der Waals surface area (Å²) in [4.78, 5) is 0. The van der Waals surface area contributed by atoms with Crippen molar-refractivity contribution in [3.05, 3.63) is 35.4 Å². The van der Waals surface area contributed by atoms with Crippen molar-refractivity contribution >= 4 is 0 Å². The second-order valence-electron chi connectivity index (χ2n) is 6.66. The van der Waals surface area contributed by atoms with Gasteiger partial charge in [0.25, 0.3) is 0 Å². The maximum absolute atomic E-state index is 3.74. The molecule has 1 aromatic rings. The first-order valence-electron chi connectivity index (χ1n) is 7.34. The molecule has 1 aliphatic rings. The van der Waals surface area contributed by atoms with E-state index in [2.05, 4.69) is 50.4 Å². The van der Waals surface area contributed by atoms with E-state index in [0.717, 1.165) is 6.54 Å². The van der Waals surface area contributed by atoms with Crippen LogP contribution in [0.25, 0.3) is 0 Å². The minimum Gasteiger partial charge on any atom is -0.310 e. The van der Waals surface area contributed by atoms with Crippen molar-refractivity contribution in [2.24, 2.45) is 5.41 Å².